The summed E-state index contributed by atoms with van der Waals surface area (Å²) in [5, 5.41) is 0. The molecule has 0 radical (unpaired) electrons. The molecule has 1 aromatic carbocycles. The van der Waals surface area contributed by atoms with Gasteiger partial charge in [0.1, 0.15) is 0 Å². The Kier molecular flexibility index (Phi) is 7.99. The molecule has 0 saturated carbocycles. The number of nitrogens with zero attached hydrogens (tertiary/aromatic N) is 2. The van der Waals surface area contributed by atoms with Crippen LogP contribution in [0, 0.1) is 0 Å². The van der Waals surface area contributed by atoms with Crippen LogP contribution in [0.2, 0.25) is 0 Å². The molecule has 2 rings (SSSR count). The van der Waals surface area contributed by atoms with Gasteiger partial charge in [-0.1, -0.05) is 37.3 Å². The molecule has 4 nitrogen and oxygen atoms in total. The number of ether oxygens (including phenoxy) is 1. The summed E-state index contributed by atoms with van der Waals surface area (Å²) < 4.78 is 5.29. The standard InChI is InChI=1S/C21H32N2O2/c1-4-14-25-15-12-21(24)23-18(2)16-22(17-19(23)3)13-8-11-20-9-6-5-7-10-20/h5-7,9-10,12,15,18-19H,4,8,11,13-14,16-17H2,1-3H3/b15-12+/t18-,19+. The van der Waals surface area contributed by atoms with E-state index in [1.54, 1.807) is 6.08 Å². The van der Waals surface area contributed by atoms with Crippen LogP contribution < -0.4 is 0 Å². The van der Waals surface area contributed by atoms with Gasteiger partial charge in [-0.2, -0.15) is 0 Å². The van der Waals surface area contributed by atoms with Crippen molar-refractivity contribution in [1.29, 1.82) is 0 Å². The van der Waals surface area contributed by atoms with E-state index in [2.05, 4.69) is 56.0 Å². The summed E-state index contributed by atoms with van der Waals surface area (Å²) in [6.07, 6.45) is 6.32. The van der Waals surface area contributed by atoms with Crippen molar-refractivity contribution < 1.29 is 9.53 Å². The number of hydrogen-bond acceptors (Lipinski definition) is 3. The fraction of sp³-hybridized carbons (Fsp3) is 0.571. The van der Waals surface area contributed by atoms with Crippen LogP contribution >= 0.6 is 0 Å². The van der Waals surface area contributed by atoms with Gasteiger partial charge in [-0.15, -0.1) is 0 Å². The first kappa shape index (κ1) is 19.5. The molecule has 1 fully saturated rings. The Hall–Kier alpha value is -1.81. The molecule has 138 valence electrons. The van der Waals surface area contributed by atoms with Crippen LogP contribution in [0.25, 0.3) is 0 Å². The second-order valence-corrected chi connectivity index (χ2v) is 6.97. The lowest BCUT2D eigenvalue weighted by atomic mass is 10.1. The maximum atomic E-state index is 12.4. The minimum Gasteiger partial charge on any atom is -0.501 e. The summed E-state index contributed by atoms with van der Waals surface area (Å²) >= 11 is 0. The monoisotopic (exact) mass is 344 g/mol. The SMILES string of the molecule is CCCO/C=C/C(=O)N1[C@H](C)CN(CCCc2ccccc2)C[C@@H]1C. The average Bonchev–Trinajstić information content (AvgIpc) is 2.59. The predicted octanol–water partition coefficient (Wildman–Crippen LogP) is 3.48. The normalized spacial score (nSPS) is 21.6. The van der Waals surface area contributed by atoms with E-state index >= 15 is 0 Å². The highest BCUT2D eigenvalue weighted by molar-refractivity contribution is 5.88. The maximum absolute atomic E-state index is 12.4. The van der Waals surface area contributed by atoms with Gasteiger partial charge in [-0.05, 0) is 45.2 Å². The topological polar surface area (TPSA) is 32.8 Å². The first-order valence-electron chi connectivity index (χ1n) is 9.48. The zero-order valence-corrected chi connectivity index (χ0v) is 15.9. The van der Waals surface area contributed by atoms with Crippen LogP contribution in [0.5, 0.6) is 0 Å². The first-order valence-corrected chi connectivity index (χ1v) is 9.48. The summed E-state index contributed by atoms with van der Waals surface area (Å²) in [6.45, 7) is 9.95. The van der Waals surface area contributed by atoms with E-state index < -0.39 is 0 Å². The number of benzene rings is 1. The van der Waals surface area contributed by atoms with Gasteiger partial charge >= 0.3 is 0 Å². The van der Waals surface area contributed by atoms with Crippen LogP contribution in [0.1, 0.15) is 39.2 Å². The van der Waals surface area contributed by atoms with Crippen molar-refractivity contribution in [3.63, 3.8) is 0 Å². The molecule has 1 heterocycles. The number of amides is 1. The third kappa shape index (κ3) is 6.20. The highest BCUT2D eigenvalue weighted by Gasteiger charge is 2.31. The molecular weight excluding hydrogens is 312 g/mol. The smallest absolute Gasteiger partial charge is 0.250 e. The van der Waals surface area contributed by atoms with Crippen molar-refractivity contribution in [2.75, 3.05) is 26.2 Å². The van der Waals surface area contributed by atoms with Gasteiger partial charge in [0.15, 0.2) is 0 Å². The fourth-order valence-corrected chi connectivity index (χ4v) is 3.58. The van der Waals surface area contributed by atoms with Crippen molar-refractivity contribution in [3.05, 3.63) is 48.2 Å². The highest BCUT2D eigenvalue weighted by Crippen LogP contribution is 2.17. The van der Waals surface area contributed by atoms with Crippen LogP contribution in [-0.2, 0) is 16.0 Å². The summed E-state index contributed by atoms with van der Waals surface area (Å²) in [5.41, 5.74) is 1.40. The Labute approximate surface area is 152 Å². The number of piperazine rings is 1. The molecule has 0 bridgehead atoms. The van der Waals surface area contributed by atoms with Crippen LogP contribution in [0.4, 0.5) is 0 Å². The summed E-state index contributed by atoms with van der Waals surface area (Å²) in [6, 6.07) is 11.1. The number of carbonyl (C=O) groups is 1. The molecule has 1 amide bonds. The molecule has 1 saturated heterocycles. The van der Waals surface area contributed by atoms with Gasteiger partial charge in [0.05, 0.1) is 12.9 Å². The summed E-state index contributed by atoms with van der Waals surface area (Å²) in [4.78, 5) is 16.9. The van der Waals surface area contributed by atoms with Gasteiger partial charge in [0, 0.05) is 31.2 Å². The Morgan fingerprint density at radius 3 is 2.52 bits per heavy atom. The molecule has 2 atom stereocenters. The summed E-state index contributed by atoms with van der Waals surface area (Å²) in [7, 11) is 0. The van der Waals surface area contributed by atoms with E-state index in [9.17, 15) is 4.79 Å². The van der Waals surface area contributed by atoms with Crippen LogP contribution in [0.15, 0.2) is 42.7 Å². The molecule has 0 spiro atoms. The van der Waals surface area contributed by atoms with Gasteiger partial charge < -0.3 is 9.64 Å². The lowest BCUT2D eigenvalue weighted by Crippen LogP contribution is -2.58. The van der Waals surface area contributed by atoms with E-state index in [1.807, 2.05) is 4.90 Å². The van der Waals surface area contributed by atoms with Crippen molar-refractivity contribution in [2.24, 2.45) is 0 Å². The van der Waals surface area contributed by atoms with Crippen molar-refractivity contribution >= 4 is 5.91 Å². The molecule has 25 heavy (non-hydrogen) atoms. The van der Waals surface area contributed by atoms with Crippen molar-refractivity contribution in [1.82, 2.24) is 9.80 Å². The average molecular weight is 344 g/mol. The van der Waals surface area contributed by atoms with Gasteiger partial charge in [0.25, 0.3) is 0 Å². The highest BCUT2D eigenvalue weighted by atomic mass is 16.5. The third-order valence-corrected chi connectivity index (χ3v) is 4.66. The molecule has 1 aromatic rings. The number of aryl methyl sites for hydroxylation is 1. The van der Waals surface area contributed by atoms with Crippen molar-refractivity contribution in [3.8, 4) is 0 Å². The Bertz CT molecular complexity index is 532. The van der Waals surface area contributed by atoms with Gasteiger partial charge in [-0.3, -0.25) is 9.69 Å². The fourth-order valence-electron chi connectivity index (χ4n) is 3.58. The molecule has 1 aliphatic heterocycles. The maximum Gasteiger partial charge on any atom is 0.250 e. The van der Waals surface area contributed by atoms with Crippen LogP contribution in [-0.4, -0.2) is 54.0 Å². The van der Waals surface area contributed by atoms with E-state index in [1.165, 1.54) is 11.8 Å². The number of carbonyl (C=O) groups excluding carboxylic acids is 1. The summed E-state index contributed by atoms with van der Waals surface area (Å²) in [5.74, 6) is 0.0556. The minimum absolute atomic E-state index is 0.0556. The first-order chi connectivity index (χ1) is 12.1. The number of rotatable bonds is 8. The zero-order chi connectivity index (χ0) is 18.1. The van der Waals surface area contributed by atoms with Gasteiger partial charge in [0.2, 0.25) is 5.91 Å². The quantitative estimate of drug-likeness (QED) is 0.411. The number of hydrogen-bond donors (Lipinski definition) is 0. The largest absolute Gasteiger partial charge is 0.501 e. The van der Waals surface area contributed by atoms with Crippen LogP contribution in [0.3, 0.4) is 0 Å². The van der Waals surface area contributed by atoms with Crippen molar-refractivity contribution in [2.45, 2.75) is 52.1 Å². The second kappa shape index (κ2) is 10.2. The molecule has 4 heteroatoms. The molecular formula is C21H32N2O2. The Morgan fingerprint density at radius 2 is 1.88 bits per heavy atom. The van der Waals surface area contributed by atoms with E-state index in [0.29, 0.717) is 6.61 Å². The Balaban J connectivity index is 1.78. The molecule has 0 aromatic heterocycles. The molecule has 0 unspecified atom stereocenters. The molecule has 0 aliphatic carbocycles. The zero-order valence-electron chi connectivity index (χ0n) is 15.9. The predicted molar refractivity (Wildman–Crippen MR) is 102 cm³/mol. The lowest BCUT2D eigenvalue weighted by molar-refractivity contribution is -0.133. The van der Waals surface area contributed by atoms with E-state index in [-0.39, 0.29) is 18.0 Å². The van der Waals surface area contributed by atoms with E-state index in [0.717, 1.165) is 38.9 Å². The third-order valence-electron chi connectivity index (χ3n) is 4.66. The Morgan fingerprint density at radius 1 is 1.20 bits per heavy atom. The second-order valence-electron chi connectivity index (χ2n) is 6.97. The molecule has 1 aliphatic rings. The van der Waals surface area contributed by atoms with E-state index in [4.69, 9.17) is 4.74 Å². The minimum atomic E-state index is 0.0556. The lowest BCUT2D eigenvalue weighted by Gasteiger charge is -2.44. The molecule has 0 N–H and O–H groups in total. The van der Waals surface area contributed by atoms with Gasteiger partial charge in [-0.25, -0.2) is 0 Å².